The van der Waals surface area contributed by atoms with Crippen LogP contribution < -0.4 is 30.8 Å². The van der Waals surface area contributed by atoms with Crippen LogP contribution in [-0.4, -0.2) is 0 Å². The molecule has 0 aliphatic rings. The molecule has 6 heteroatoms. The molecule has 0 amide bonds. The van der Waals surface area contributed by atoms with Crippen molar-refractivity contribution >= 4 is 0 Å². The molecule has 0 aromatic heterocycles. The molecule has 0 atom stereocenters. The van der Waals surface area contributed by atoms with Crippen molar-refractivity contribution < 1.29 is 19.5 Å². The predicted molar refractivity (Wildman–Crippen MR) is 10.7 cm³/mol. The van der Waals surface area contributed by atoms with E-state index in [0.29, 0.717) is 0 Å². The Kier molecular flexibility index (Phi) is 104000. The van der Waals surface area contributed by atoms with Crippen LogP contribution in [0.25, 0.3) is 0 Å². The second-order valence-corrected chi connectivity index (χ2v) is 0. The summed E-state index contributed by atoms with van der Waals surface area (Å²) in [5.41, 5.74) is 0. The molecular weight excluding hydrogens is 171 g/mol. The van der Waals surface area contributed by atoms with Crippen LogP contribution in [0.15, 0.2) is 0 Å². The number of hydrogen-bond donors (Lipinski definition) is 0. The molecule has 0 N–H and O–H groups in total. The molecule has 5 nitrogen and oxygen atoms in total. The molecular formula is N5Ru. The van der Waals surface area contributed by atoms with Gasteiger partial charge < -0.3 is 0 Å². The van der Waals surface area contributed by atoms with Gasteiger partial charge in [-0.1, -0.05) is 0 Å². The summed E-state index contributed by atoms with van der Waals surface area (Å²) in [7, 11) is 0. The third-order valence-corrected chi connectivity index (χ3v) is 0. The van der Waals surface area contributed by atoms with E-state index in [1.165, 1.54) is 0 Å². The molecule has 0 rings (SSSR count). The van der Waals surface area contributed by atoms with Crippen LogP contribution >= 0.6 is 0 Å². The maximum Gasteiger partial charge on any atom is 0 e. The van der Waals surface area contributed by atoms with Gasteiger partial charge in [-0.15, -0.1) is 0 Å². The number of nitrogens with zero attached hydrogens (tertiary/aromatic N) is 5. The summed E-state index contributed by atoms with van der Waals surface area (Å²) in [6, 6.07) is 0. The van der Waals surface area contributed by atoms with E-state index in [1.54, 1.807) is 0 Å². The fraction of sp³-hybridized carbons (Fsp3) is 0. The third kappa shape index (κ3) is 289. The number of rotatable bonds is 0. The van der Waals surface area contributed by atoms with Crippen LogP contribution in [-0.2, 0) is 19.5 Å². The van der Waals surface area contributed by atoms with E-state index >= 15 is 0 Å². The van der Waals surface area contributed by atoms with E-state index in [0.717, 1.165) is 0 Å². The Bertz CT molecular complexity index is 3.90. The Balaban J connectivity index is 0. The summed E-state index contributed by atoms with van der Waals surface area (Å²) in [5, 5.41) is 0. The molecule has 0 aliphatic carbocycles. The molecule has 0 spiro atoms. The van der Waals surface area contributed by atoms with Crippen LogP contribution in [0.4, 0.5) is 0 Å². The first-order valence-corrected chi connectivity index (χ1v) is 0. The van der Waals surface area contributed by atoms with Crippen molar-refractivity contribution in [2.24, 2.45) is 0 Å². The van der Waals surface area contributed by atoms with Crippen molar-refractivity contribution in [3.8, 4) is 0 Å². The molecule has 6 heavy (non-hydrogen) atoms. The quantitative estimate of drug-likeness (QED) is 0.356. The fourth-order valence-corrected chi connectivity index (χ4v) is 0. The molecule has 0 heterocycles. The van der Waals surface area contributed by atoms with E-state index in [4.69, 9.17) is 0 Å². The molecule has 0 fully saturated rings. The van der Waals surface area contributed by atoms with Gasteiger partial charge in [0.15, 0.2) is 0 Å². The summed E-state index contributed by atoms with van der Waals surface area (Å²) in [5.74, 6) is 0. The van der Waals surface area contributed by atoms with Crippen LogP contribution in [0.3, 0.4) is 0 Å². The van der Waals surface area contributed by atoms with E-state index in [2.05, 4.69) is 0 Å². The smallest absolute Gasteiger partial charge is 0 e. The van der Waals surface area contributed by atoms with E-state index in [9.17, 15) is 0 Å². The van der Waals surface area contributed by atoms with Gasteiger partial charge in [0, 0.05) is 50.2 Å². The predicted octanol–water partition coefficient (Wildman–Crippen LogP) is -2.41. The van der Waals surface area contributed by atoms with Crippen molar-refractivity contribution in [2.75, 3.05) is 0 Å². The molecule has 15 radical (unpaired) electrons. The summed E-state index contributed by atoms with van der Waals surface area (Å²) >= 11 is 0. The second kappa shape index (κ2) is 592. The van der Waals surface area contributed by atoms with Gasteiger partial charge in [-0.25, -0.2) is 0 Å². The first-order chi connectivity index (χ1) is 0. The minimum atomic E-state index is 0. The Labute approximate surface area is 50.9 Å². The zero-order valence-corrected chi connectivity index (χ0v) is 4.33. The second-order valence-electron chi connectivity index (χ2n) is 0. The van der Waals surface area contributed by atoms with Gasteiger partial charge in [0.2, 0.25) is 0 Å². The molecule has 0 saturated heterocycles. The topological polar surface area (TPSA) is 152 Å². The minimum Gasteiger partial charge on any atom is 0 e. The summed E-state index contributed by atoms with van der Waals surface area (Å²) in [6.07, 6.45) is 0. The van der Waals surface area contributed by atoms with Gasteiger partial charge >= 0.3 is 0 Å². The van der Waals surface area contributed by atoms with E-state index in [1.807, 2.05) is 0 Å². The molecule has 0 aromatic carbocycles. The Hall–Kier alpha value is 0.423. The Morgan fingerprint density at radius 1 is 0.333 bits per heavy atom. The van der Waals surface area contributed by atoms with Gasteiger partial charge in [0.25, 0.3) is 0 Å². The van der Waals surface area contributed by atoms with Gasteiger partial charge in [-0.2, -0.15) is 0 Å². The fourth-order valence-electron chi connectivity index (χ4n) is 0. The summed E-state index contributed by atoms with van der Waals surface area (Å²) in [6.45, 7) is 0. The standard InChI is InChI=1S/5N.Ru. The summed E-state index contributed by atoms with van der Waals surface area (Å²) in [4.78, 5) is 0. The largest absolute Gasteiger partial charge is 0 e. The first kappa shape index (κ1) is 1050. The van der Waals surface area contributed by atoms with E-state index < -0.39 is 0 Å². The molecule has 33 valence electrons. The van der Waals surface area contributed by atoms with Crippen LogP contribution in [0.5, 0.6) is 0 Å². The Morgan fingerprint density at radius 3 is 0.333 bits per heavy atom. The third-order valence-electron chi connectivity index (χ3n) is 0. The van der Waals surface area contributed by atoms with Gasteiger partial charge in [-0.05, 0) is 0 Å². The monoisotopic (exact) mass is 172 g/mol. The van der Waals surface area contributed by atoms with Crippen molar-refractivity contribution in [3.63, 3.8) is 0 Å². The van der Waals surface area contributed by atoms with Crippen molar-refractivity contribution in [2.45, 2.75) is 0 Å². The zero-order valence-electron chi connectivity index (χ0n) is 2.59. The van der Waals surface area contributed by atoms with Gasteiger partial charge in [0.05, 0.1) is 0 Å². The molecule has 0 saturated carbocycles. The van der Waals surface area contributed by atoms with Crippen molar-refractivity contribution in [3.05, 3.63) is 0 Å². The van der Waals surface area contributed by atoms with Crippen molar-refractivity contribution in [1.82, 2.24) is 30.8 Å². The van der Waals surface area contributed by atoms with Gasteiger partial charge in [0.1, 0.15) is 0 Å². The van der Waals surface area contributed by atoms with Crippen molar-refractivity contribution in [1.29, 1.82) is 0 Å². The van der Waals surface area contributed by atoms with Crippen LogP contribution in [0, 0.1) is 0 Å². The van der Waals surface area contributed by atoms with Crippen LogP contribution in [0.1, 0.15) is 0 Å². The minimum absolute atomic E-state index is 0. The number of hydrogen-bond acceptors (Lipinski definition) is 0. The molecule has 0 bridgehead atoms. The first-order valence-electron chi connectivity index (χ1n) is 0. The normalized spacial score (nSPS) is 0. The summed E-state index contributed by atoms with van der Waals surface area (Å²) < 4.78 is 0. The maximum absolute atomic E-state index is 0. The molecule has 0 unspecified atom stereocenters. The van der Waals surface area contributed by atoms with E-state index in [-0.39, 0.29) is 50.2 Å². The Morgan fingerprint density at radius 2 is 0.333 bits per heavy atom. The zero-order chi connectivity index (χ0) is 0. The molecule has 0 aromatic rings. The van der Waals surface area contributed by atoms with Gasteiger partial charge in [-0.3, -0.25) is 0 Å². The average molecular weight is 171 g/mol. The molecule has 0 aliphatic heterocycles. The van der Waals surface area contributed by atoms with Crippen LogP contribution in [0.2, 0.25) is 0 Å². The average Bonchev–Trinajstić information content (AvgIpc) is 0. The maximum atomic E-state index is 0. The SMILES string of the molecule is [N].[N].[N].[N].[N].[Ru].